The van der Waals surface area contributed by atoms with Gasteiger partial charge in [0.1, 0.15) is 5.75 Å². The SMILES string of the molecule is Cc1cccc(N2CCN(S(=O)(=O)CC(=O)Nc3ccccc3C(=O)NC3CC3)CC2)c1. The largest absolute Gasteiger partial charge is 0.369 e. The average Bonchev–Trinajstić information content (AvgIpc) is 3.58. The first kappa shape index (κ1) is 22.3. The summed E-state index contributed by atoms with van der Waals surface area (Å²) in [5.74, 6) is -1.58. The van der Waals surface area contributed by atoms with Crippen molar-refractivity contribution in [2.24, 2.45) is 0 Å². The summed E-state index contributed by atoms with van der Waals surface area (Å²) in [6.45, 7) is 3.80. The van der Waals surface area contributed by atoms with Gasteiger partial charge in [0, 0.05) is 37.9 Å². The lowest BCUT2D eigenvalue weighted by atomic mass is 10.1. The number of sulfonamides is 1. The Morgan fingerprint density at radius 2 is 1.72 bits per heavy atom. The summed E-state index contributed by atoms with van der Waals surface area (Å²) >= 11 is 0. The maximum atomic E-state index is 12.8. The molecule has 2 amide bonds. The van der Waals surface area contributed by atoms with Crippen molar-refractivity contribution in [2.75, 3.05) is 42.1 Å². The summed E-state index contributed by atoms with van der Waals surface area (Å²) in [5.41, 5.74) is 2.87. The predicted octanol–water partition coefficient (Wildman–Crippen LogP) is 1.98. The van der Waals surface area contributed by atoms with Crippen molar-refractivity contribution in [3.05, 3.63) is 59.7 Å². The van der Waals surface area contributed by atoms with E-state index in [1.807, 2.05) is 25.1 Å². The van der Waals surface area contributed by atoms with Crippen molar-refractivity contribution < 1.29 is 18.0 Å². The zero-order chi connectivity index (χ0) is 22.7. The molecule has 1 saturated heterocycles. The van der Waals surface area contributed by atoms with Crippen LogP contribution in [0.15, 0.2) is 48.5 Å². The quantitative estimate of drug-likeness (QED) is 0.664. The van der Waals surface area contributed by atoms with E-state index in [2.05, 4.69) is 21.6 Å². The van der Waals surface area contributed by atoms with Gasteiger partial charge in [-0.2, -0.15) is 4.31 Å². The molecule has 2 fully saturated rings. The number of rotatable bonds is 7. The number of hydrogen-bond acceptors (Lipinski definition) is 5. The van der Waals surface area contributed by atoms with Gasteiger partial charge in [-0.1, -0.05) is 24.3 Å². The number of aryl methyl sites for hydroxylation is 1. The molecule has 2 aromatic carbocycles. The van der Waals surface area contributed by atoms with E-state index < -0.39 is 21.7 Å². The monoisotopic (exact) mass is 456 g/mol. The van der Waals surface area contributed by atoms with Crippen molar-refractivity contribution in [1.82, 2.24) is 9.62 Å². The second kappa shape index (κ2) is 9.30. The highest BCUT2D eigenvalue weighted by atomic mass is 32.2. The van der Waals surface area contributed by atoms with Crippen molar-refractivity contribution in [3.8, 4) is 0 Å². The summed E-state index contributed by atoms with van der Waals surface area (Å²) in [6.07, 6.45) is 1.91. The van der Waals surface area contributed by atoms with Crippen LogP contribution in [0.4, 0.5) is 11.4 Å². The number of amides is 2. The summed E-state index contributed by atoms with van der Waals surface area (Å²) < 4.78 is 27.0. The fourth-order valence-electron chi connectivity index (χ4n) is 3.77. The number of hydrogen-bond donors (Lipinski definition) is 2. The van der Waals surface area contributed by atoms with Crippen LogP contribution in [-0.4, -0.2) is 62.5 Å². The molecule has 8 nitrogen and oxygen atoms in total. The summed E-state index contributed by atoms with van der Waals surface area (Å²) in [7, 11) is -3.76. The minimum Gasteiger partial charge on any atom is -0.369 e. The van der Waals surface area contributed by atoms with Gasteiger partial charge < -0.3 is 15.5 Å². The molecule has 1 aliphatic carbocycles. The molecule has 1 saturated carbocycles. The van der Waals surface area contributed by atoms with E-state index in [0.717, 1.165) is 24.1 Å². The van der Waals surface area contributed by atoms with Crippen LogP contribution in [0.2, 0.25) is 0 Å². The van der Waals surface area contributed by atoms with Crippen LogP contribution in [0, 0.1) is 6.92 Å². The van der Waals surface area contributed by atoms with Gasteiger partial charge in [0.2, 0.25) is 15.9 Å². The fraction of sp³-hybridized carbons (Fsp3) is 0.391. The van der Waals surface area contributed by atoms with Gasteiger partial charge >= 0.3 is 0 Å². The molecule has 0 radical (unpaired) electrons. The highest BCUT2D eigenvalue weighted by molar-refractivity contribution is 7.89. The van der Waals surface area contributed by atoms with Crippen LogP contribution < -0.4 is 15.5 Å². The zero-order valence-corrected chi connectivity index (χ0v) is 18.9. The molecule has 2 aliphatic rings. The fourth-order valence-corrected chi connectivity index (χ4v) is 5.08. The summed E-state index contributed by atoms with van der Waals surface area (Å²) in [6, 6.07) is 14.9. The Labute approximate surface area is 188 Å². The first-order chi connectivity index (χ1) is 15.3. The number of nitrogens with zero attached hydrogens (tertiary/aromatic N) is 2. The van der Waals surface area contributed by atoms with Crippen molar-refractivity contribution in [3.63, 3.8) is 0 Å². The molecule has 1 heterocycles. The lowest BCUT2D eigenvalue weighted by molar-refractivity contribution is -0.113. The number of carbonyl (C=O) groups excluding carboxylic acids is 2. The van der Waals surface area contributed by atoms with E-state index in [9.17, 15) is 18.0 Å². The standard InChI is InChI=1S/C23H28N4O4S/c1-17-5-4-6-19(15-17)26-11-13-27(14-12-26)32(30,31)16-22(28)25-21-8-3-2-7-20(21)23(29)24-18-9-10-18/h2-8,15,18H,9-14,16H2,1H3,(H,24,29)(H,25,28). The molecule has 4 rings (SSSR count). The van der Waals surface area contributed by atoms with Crippen LogP contribution in [0.3, 0.4) is 0 Å². The predicted molar refractivity (Wildman–Crippen MR) is 124 cm³/mol. The maximum Gasteiger partial charge on any atom is 0.253 e. The first-order valence-corrected chi connectivity index (χ1v) is 12.4. The van der Waals surface area contributed by atoms with Gasteiger partial charge in [0.15, 0.2) is 0 Å². The zero-order valence-electron chi connectivity index (χ0n) is 18.1. The summed E-state index contributed by atoms with van der Waals surface area (Å²) in [5, 5.41) is 5.49. The van der Waals surface area contributed by atoms with E-state index in [4.69, 9.17) is 0 Å². The number of carbonyl (C=O) groups is 2. The van der Waals surface area contributed by atoms with Gasteiger partial charge in [-0.05, 0) is 49.6 Å². The second-order valence-corrected chi connectivity index (χ2v) is 10.3. The van der Waals surface area contributed by atoms with E-state index in [-0.39, 0.29) is 11.9 Å². The highest BCUT2D eigenvalue weighted by Crippen LogP contribution is 2.22. The van der Waals surface area contributed by atoms with Gasteiger partial charge in [-0.25, -0.2) is 8.42 Å². The molecule has 1 aliphatic heterocycles. The highest BCUT2D eigenvalue weighted by Gasteiger charge is 2.30. The Morgan fingerprint density at radius 3 is 2.41 bits per heavy atom. The molecule has 9 heteroatoms. The third kappa shape index (κ3) is 5.46. The summed E-state index contributed by atoms with van der Waals surface area (Å²) in [4.78, 5) is 27.1. The molecule has 0 aromatic heterocycles. The molecule has 170 valence electrons. The van der Waals surface area contributed by atoms with Crippen molar-refractivity contribution in [2.45, 2.75) is 25.8 Å². The van der Waals surface area contributed by atoms with E-state index in [1.165, 1.54) is 4.31 Å². The van der Waals surface area contributed by atoms with E-state index in [1.54, 1.807) is 24.3 Å². The minimum absolute atomic E-state index is 0.185. The number of benzene rings is 2. The molecule has 32 heavy (non-hydrogen) atoms. The van der Waals surface area contributed by atoms with Crippen molar-refractivity contribution >= 4 is 33.2 Å². The lowest BCUT2D eigenvalue weighted by Crippen LogP contribution is -2.50. The Kier molecular flexibility index (Phi) is 6.48. The molecule has 0 unspecified atom stereocenters. The van der Waals surface area contributed by atoms with Crippen LogP contribution in [0.25, 0.3) is 0 Å². The number of piperazine rings is 1. The normalized spacial score (nSPS) is 17.1. The number of anilines is 2. The molecule has 2 N–H and O–H groups in total. The van der Waals surface area contributed by atoms with Crippen LogP contribution in [0.1, 0.15) is 28.8 Å². The average molecular weight is 457 g/mol. The Bertz CT molecular complexity index is 1110. The molecular weight excluding hydrogens is 428 g/mol. The molecule has 2 aromatic rings. The Hall–Kier alpha value is -2.91. The molecule has 0 bridgehead atoms. The van der Waals surface area contributed by atoms with E-state index >= 15 is 0 Å². The van der Waals surface area contributed by atoms with Gasteiger partial charge in [-0.15, -0.1) is 0 Å². The van der Waals surface area contributed by atoms with Gasteiger partial charge in [0.25, 0.3) is 5.91 Å². The Balaban J connectivity index is 1.35. The van der Waals surface area contributed by atoms with Crippen molar-refractivity contribution in [1.29, 1.82) is 0 Å². The molecular formula is C23H28N4O4S. The van der Waals surface area contributed by atoms with Crippen LogP contribution in [0.5, 0.6) is 0 Å². The van der Waals surface area contributed by atoms with Crippen LogP contribution in [-0.2, 0) is 14.8 Å². The van der Waals surface area contributed by atoms with Gasteiger partial charge in [0.05, 0.1) is 11.3 Å². The number of para-hydroxylation sites is 1. The molecule has 0 atom stereocenters. The molecule has 0 spiro atoms. The topological polar surface area (TPSA) is 98.8 Å². The minimum atomic E-state index is -3.76. The van der Waals surface area contributed by atoms with E-state index in [0.29, 0.717) is 37.4 Å². The second-order valence-electron chi connectivity index (χ2n) is 8.32. The lowest BCUT2D eigenvalue weighted by Gasteiger charge is -2.35. The maximum absolute atomic E-state index is 12.8. The Morgan fingerprint density at radius 1 is 1.00 bits per heavy atom. The van der Waals surface area contributed by atoms with Gasteiger partial charge in [-0.3, -0.25) is 9.59 Å². The smallest absolute Gasteiger partial charge is 0.253 e. The number of nitrogens with one attached hydrogen (secondary N) is 2. The van der Waals surface area contributed by atoms with Crippen LogP contribution >= 0.6 is 0 Å². The first-order valence-electron chi connectivity index (χ1n) is 10.8. The third-order valence-corrected chi connectivity index (χ3v) is 7.45. The third-order valence-electron chi connectivity index (χ3n) is 5.67.